The number of hydrogen-bond acceptors (Lipinski definition) is 7. The van der Waals surface area contributed by atoms with Crippen LogP contribution in [0.5, 0.6) is 5.75 Å². The van der Waals surface area contributed by atoms with Gasteiger partial charge in [0.25, 0.3) is 0 Å². The van der Waals surface area contributed by atoms with Gasteiger partial charge in [-0.05, 0) is 42.0 Å². The molecule has 3 N–H and O–H groups in total. The Labute approximate surface area is 211 Å². The zero-order chi connectivity index (χ0) is 26.6. The molecule has 0 saturated carbocycles. The molecule has 0 aliphatic heterocycles. The highest BCUT2D eigenvalue weighted by Crippen LogP contribution is 2.34. The minimum atomic E-state index is -0.779. The van der Waals surface area contributed by atoms with E-state index < -0.39 is 22.9 Å². The molecule has 0 amide bonds. The van der Waals surface area contributed by atoms with Crippen molar-refractivity contribution in [1.29, 1.82) is 0 Å². The molecule has 0 fully saturated rings. The third-order valence-electron chi connectivity index (χ3n) is 6.06. The summed E-state index contributed by atoms with van der Waals surface area (Å²) in [7, 11) is 0. The van der Waals surface area contributed by atoms with Gasteiger partial charge < -0.3 is 15.3 Å². The SMILES string of the molecule is Nc1ncnc2c1c(-c1cc(O)cc(F)c1)nn2Cc1oc2cccc(F)c2c(=O)c1-c1cccc(F)c1. The van der Waals surface area contributed by atoms with Gasteiger partial charge in [0.15, 0.2) is 5.65 Å². The number of nitrogens with zero attached hydrogens (tertiary/aromatic N) is 4. The molecule has 8 nitrogen and oxygen atoms in total. The van der Waals surface area contributed by atoms with Gasteiger partial charge in [-0.2, -0.15) is 5.10 Å². The third kappa shape index (κ3) is 3.81. The monoisotopic (exact) mass is 515 g/mol. The lowest BCUT2D eigenvalue weighted by atomic mass is 10.0. The fourth-order valence-corrected chi connectivity index (χ4v) is 4.48. The fourth-order valence-electron chi connectivity index (χ4n) is 4.48. The second-order valence-corrected chi connectivity index (χ2v) is 8.51. The first kappa shape index (κ1) is 23.2. The van der Waals surface area contributed by atoms with E-state index in [0.717, 1.165) is 24.3 Å². The quantitative estimate of drug-likeness (QED) is 0.338. The van der Waals surface area contributed by atoms with Crippen LogP contribution in [-0.4, -0.2) is 24.9 Å². The number of phenolic OH excluding ortho intramolecular Hbond substituents is 1. The van der Waals surface area contributed by atoms with Gasteiger partial charge in [-0.3, -0.25) is 4.79 Å². The molecule has 0 aliphatic rings. The van der Waals surface area contributed by atoms with Crippen LogP contribution in [0, 0.1) is 17.5 Å². The minimum Gasteiger partial charge on any atom is -0.508 e. The molecule has 0 atom stereocenters. The van der Waals surface area contributed by atoms with Crippen molar-refractivity contribution in [3.8, 4) is 28.1 Å². The topological polar surface area (TPSA) is 120 Å². The Morgan fingerprint density at radius 3 is 2.50 bits per heavy atom. The summed E-state index contributed by atoms with van der Waals surface area (Å²) < 4.78 is 50.2. The lowest BCUT2D eigenvalue weighted by Gasteiger charge is -2.11. The number of halogens is 3. The first-order valence-electron chi connectivity index (χ1n) is 11.3. The van der Waals surface area contributed by atoms with Gasteiger partial charge in [-0.1, -0.05) is 18.2 Å². The van der Waals surface area contributed by atoms with Crippen molar-refractivity contribution in [3.05, 3.63) is 100 Å². The van der Waals surface area contributed by atoms with Crippen molar-refractivity contribution in [1.82, 2.24) is 19.7 Å². The highest BCUT2D eigenvalue weighted by atomic mass is 19.1. The summed E-state index contributed by atoms with van der Waals surface area (Å²) in [6.45, 7) is -0.207. The molecular formula is C27H16F3N5O3. The van der Waals surface area contributed by atoms with Crippen molar-refractivity contribution in [2.45, 2.75) is 6.54 Å². The maximum absolute atomic E-state index is 14.7. The van der Waals surface area contributed by atoms with Crippen LogP contribution in [0.4, 0.5) is 19.0 Å². The molecule has 188 valence electrons. The molecule has 0 aliphatic carbocycles. The smallest absolute Gasteiger partial charge is 0.203 e. The van der Waals surface area contributed by atoms with E-state index in [1.807, 2.05) is 0 Å². The zero-order valence-electron chi connectivity index (χ0n) is 19.3. The van der Waals surface area contributed by atoms with E-state index in [0.29, 0.717) is 0 Å². The van der Waals surface area contributed by atoms with Crippen LogP contribution >= 0.6 is 0 Å². The number of nitrogens with two attached hydrogens (primary N) is 1. The van der Waals surface area contributed by atoms with Gasteiger partial charge in [-0.25, -0.2) is 27.8 Å². The van der Waals surface area contributed by atoms with Gasteiger partial charge in [0.1, 0.15) is 64.3 Å². The van der Waals surface area contributed by atoms with E-state index in [4.69, 9.17) is 10.2 Å². The zero-order valence-corrected chi connectivity index (χ0v) is 19.3. The summed E-state index contributed by atoms with van der Waals surface area (Å²) in [5.74, 6) is -2.30. The second-order valence-electron chi connectivity index (χ2n) is 8.51. The van der Waals surface area contributed by atoms with E-state index in [1.54, 1.807) is 0 Å². The summed E-state index contributed by atoms with van der Waals surface area (Å²) in [5.41, 5.74) is 6.15. The number of phenols is 1. The normalized spacial score (nSPS) is 11.4. The van der Waals surface area contributed by atoms with Crippen molar-refractivity contribution in [2.24, 2.45) is 0 Å². The first-order chi connectivity index (χ1) is 18.3. The van der Waals surface area contributed by atoms with Crippen molar-refractivity contribution in [2.75, 3.05) is 5.73 Å². The predicted octanol–water partition coefficient (Wildman–Crippen LogP) is 5.02. The van der Waals surface area contributed by atoms with E-state index in [-0.39, 0.29) is 68.3 Å². The van der Waals surface area contributed by atoms with Crippen LogP contribution < -0.4 is 11.2 Å². The fraction of sp³-hybridized carbons (Fsp3) is 0.0370. The van der Waals surface area contributed by atoms with Crippen LogP contribution in [0.3, 0.4) is 0 Å². The number of fused-ring (bicyclic) bond motifs is 2. The largest absolute Gasteiger partial charge is 0.508 e. The molecule has 11 heteroatoms. The summed E-state index contributed by atoms with van der Waals surface area (Å²) in [6, 6.07) is 12.7. The highest BCUT2D eigenvalue weighted by molar-refractivity contribution is 5.98. The number of aromatic nitrogens is 4. The summed E-state index contributed by atoms with van der Waals surface area (Å²) in [4.78, 5) is 21.8. The van der Waals surface area contributed by atoms with Gasteiger partial charge in [0, 0.05) is 11.6 Å². The van der Waals surface area contributed by atoms with Crippen molar-refractivity contribution >= 4 is 27.8 Å². The Kier molecular flexibility index (Phi) is 5.34. The van der Waals surface area contributed by atoms with Crippen molar-refractivity contribution in [3.63, 3.8) is 0 Å². The Hall–Kier alpha value is -5.19. The van der Waals surface area contributed by atoms with E-state index >= 15 is 0 Å². The summed E-state index contributed by atoms with van der Waals surface area (Å²) in [6.07, 6.45) is 1.21. The molecule has 3 heterocycles. The Morgan fingerprint density at radius 1 is 0.921 bits per heavy atom. The molecule has 3 aromatic carbocycles. The predicted molar refractivity (Wildman–Crippen MR) is 134 cm³/mol. The molecule has 0 bridgehead atoms. The molecule has 38 heavy (non-hydrogen) atoms. The first-order valence-corrected chi connectivity index (χ1v) is 11.3. The van der Waals surface area contributed by atoms with Crippen LogP contribution in [0.2, 0.25) is 0 Å². The number of aromatic hydroxyl groups is 1. The van der Waals surface area contributed by atoms with Gasteiger partial charge in [-0.15, -0.1) is 0 Å². The molecular weight excluding hydrogens is 499 g/mol. The molecule has 0 spiro atoms. The molecule has 6 rings (SSSR count). The van der Waals surface area contributed by atoms with Crippen LogP contribution in [-0.2, 0) is 6.54 Å². The second kappa shape index (κ2) is 8.73. The third-order valence-corrected chi connectivity index (χ3v) is 6.06. The Morgan fingerprint density at radius 2 is 1.71 bits per heavy atom. The van der Waals surface area contributed by atoms with Gasteiger partial charge >= 0.3 is 0 Å². The average Bonchev–Trinajstić information content (AvgIpc) is 3.23. The van der Waals surface area contributed by atoms with Crippen LogP contribution in [0.25, 0.3) is 44.4 Å². The summed E-state index contributed by atoms with van der Waals surface area (Å²) >= 11 is 0. The van der Waals surface area contributed by atoms with Crippen molar-refractivity contribution < 1.29 is 22.7 Å². The maximum Gasteiger partial charge on any atom is 0.203 e. The molecule has 0 saturated heterocycles. The molecule has 3 aromatic heterocycles. The standard InChI is InChI=1S/C27H16F3N5O3/c28-15-4-1-3-13(7-15)21-20(38-19-6-2-5-18(30)22(19)25(21)37)11-35-27-23(26(31)32-12-33-27)24(34-35)14-8-16(29)10-17(36)9-14/h1-10,12,36H,11H2,(H2,31,32,33). The lowest BCUT2D eigenvalue weighted by Crippen LogP contribution is -2.14. The highest BCUT2D eigenvalue weighted by Gasteiger charge is 2.23. The number of hydrogen-bond donors (Lipinski definition) is 2. The Balaban J connectivity index is 1.62. The summed E-state index contributed by atoms with van der Waals surface area (Å²) in [5, 5.41) is 14.5. The lowest BCUT2D eigenvalue weighted by molar-refractivity contribution is 0.469. The number of rotatable bonds is 4. The number of nitrogen functional groups attached to an aromatic ring is 1. The van der Waals surface area contributed by atoms with Gasteiger partial charge in [0.2, 0.25) is 5.43 Å². The van der Waals surface area contributed by atoms with E-state index in [1.165, 1.54) is 47.4 Å². The minimum absolute atomic E-state index is 0.00830. The van der Waals surface area contributed by atoms with E-state index in [9.17, 15) is 23.1 Å². The Bertz CT molecular complexity index is 1930. The maximum atomic E-state index is 14.7. The molecule has 0 radical (unpaired) electrons. The number of anilines is 1. The van der Waals surface area contributed by atoms with Crippen LogP contribution in [0.15, 0.2) is 76.2 Å². The number of benzene rings is 3. The molecule has 0 unspecified atom stereocenters. The van der Waals surface area contributed by atoms with Gasteiger partial charge in [0.05, 0.1) is 10.9 Å². The van der Waals surface area contributed by atoms with E-state index in [2.05, 4.69) is 15.1 Å². The van der Waals surface area contributed by atoms with Crippen LogP contribution in [0.1, 0.15) is 5.76 Å². The average molecular weight is 515 g/mol. The molecule has 6 aromatic rings.